The lowest BCUT2D eigenvalue weighted by Gasteiger charge is -2.26. The highest BCUT2D eigenvalue weighted by atomic mass is 79.9. The van der Waals surface area contributed by atoms with Crippen LogP contribution in [-0.2, 0) is 12.0 Å². The fraction of sp³-hybridized carbons (Fsp3) is 0.250. The van der Waals surface area contributed by atoms with Gasteiger partial charge in [-0.05, 0) is 42.7 Å². The zero-order valence-corrected chi connectivity index (χ0v) is 12.8. The molecule has 0 amide bonds. The van der Waals surface area contributed by atoms with Gasteiger partial charge in [-0.3, -0.25) is 0 Å². The van der Waals surface area contributed by atoms with Gasteiger partial charge in [0.15, 0.2) is 0 Å². The van der Waals surface area contributed by atoms with E-state index in [0.717, 1.165) is 27.8 Å². The van der Waals surface area contributed by atoms with Gasteiger partial charge >= 0.3 is 0 Å². The predicted molar refractivity (Wildman–Crippen MR) is 82.4 cm³/mol. The average molecular weight is 320 g/mol. The van der Waals surface area contributed by atoms with Gasteiger partial charge in [-0.1, -0.05) is 46.3 Å². The van der Waals surface area contributed by atoms with Crippen molar-refractivity contribution in [3.63, 3.8) is 0 Å². The smallest absolute Gasteiger partial charge is 0.122 e. The van der Waals surface area contributed by atoms with Gasteiger partial charge in [0.1, 0.15) is 5.75 Å². The molecule has 2 rings (SSSR count). The number of benzene rings is 2. The van der Waals surface area contributed by atoms with Gasteiger partial charge in [-0.2, -0.15) is 0 Å². The van der Waals surface area contributed by atoms with E-state index in [0.29, 0.717) is 0 Å². The highest BCUT2D eigenvalue weighted by Crippen LogP contribution is 2.28. The monoisotopic (exact) mass is 319 g/mol. The Morgan fingerprint density at radius 1 is 1.11 bits per heavy atom. The molecule has 2 aromatic carbocycles. The Hall–Kier alpha value is -1.32. The van der Waals surface area contributed by atoms with Crippen molar-refractivity contribution >= 4 is 15.9 Å². The van der Waals surface area contributed by atoms with Gasteiger partial charge in [0, 0.05) is 10.0 Å². The zero-order chi connectivity index (χ0) is 13.9. The average Bonchev–Trinajstić information content (AvgIpc) is 2.39. The maximum Gasteiger partial charge on any atom is 0.122 e. The molecule has 0 bridgehead atoms. The molecule has 0 radical (unpaired) electrons. The summed E-state index contributed by atoms with van der Waals surface area (Å²) in [5.74, 6) is 0.885. The second-order valence-corrected chi connectivity index (χ2v) is 5.83. The van der Waals surface area contributed by atoms with E-state index >= 15 is 0 Å². The molecule has 1 atom stereocenters. The van der Waals surface area contributed by atoms with Gasteiger partial charge in [-0.15, -0.1) is 0 Å². The van der Waals surface area contributed by atoms with Gasteiger partial charge in [-0.25, -0.2) is 0 Å². The van der Waals surface area contributed by atoms with Crippen LogP contribution in [0, 0.1) is 0 Å². The normalized spacial score (nSPS) is 13.9. The van der Waals surface area contributed by atoms with Crippen molar-refractivity contribution in [1.82, 2.24) is 0 Å². The molecular formula is C16H18BrNO. The molecule has 19 heavy (non-hydrogen) atoms. The first-order valence-electron chi connectivity index (χ1n) is 6.20. The lowest BCUT2D eigenvalue weighted by molar-refractivity contribution is 0.400. The molecule has 0 aliphatic carbocycles. The molecule has 1 unspecified atom stereocenters. The summed E-state index contributed by atoms with van der Waals surface area (Å²) in [6, 6.07) is 16.1. The van der Waals surface area contributed by atoms with E-state index in [4.69, 9.17) is 10.5 Å². The predicted octanol–water partition coefficient (Wildman–Crippen LogP) is 3.87. The molecule has 2 N–H and O–H groups in total. The van der Waals surface area contributed by atoms with E-state index in [1.54, 1.807) is 7.11 Å². The second kappa shape index (κ2) is 5.76. The number of ether oxygens (including phenoxy) is 1. The first-order valence-corrected chi connectivity index (χ1v) is 6.99. The summed E-state index contributed by atoms with van der Waals surface area (Å²) in [4.78, 5) is 0. The molecule has 2 nitrogen and oxygen atoms in total. The standard InChI is InChI=1S/C16H18BrNO/c1-16(18,13-7-9-14(17)10-8-13)11-12-5-3-4-6-15(12)19-2/h3-10H,11,18H2,1-2H3. The minimum absolute atomic E-state index is 0.421. The maximum atomic E-state index is 6.47. The van der Waals surface area contributed by atoms with Crippen molar-refractivity contribution in [1.29, 1.82) is 0 Å². The van der Waals surface area contributed by atoms with E-state index in [1.807, 2.05) is 37.3 Å². The van der Waals surface area contributed by atoms with Crippen LogP contribution in [0.25, 0.3) is 0 Å². The summed E-state index contributed by atoms with van der Waals surface area (Å²) in [5.41, 5.74) is 8.29. The third-order valence-electron chi connectivity index (χ3n) is 3.25. The van der Waals surface area contributed by atoms with Gasteiger partial charge in [0.05, 0.1) is 7.11 Å². The number of halogens is 1. The van der Waals surface area contributed by atoms with Crippen LogP contribution < -0.4 is 10.5 Å². The fourth-order valence-electron chi connectivity index (χ4n) is 2.18. The summed E-state index contributed by atoms with van der Waals surface area (Å²) in [6.07, 6.45) is 0.735. The fourth-order valence-corrected chi connectivity index (χ4v) is 2.44. The Morgan fingerprint density at radius 3 is 2.37 bits per heavy atom. The highest BCUT2D eigenvalue weighted by molar-refractivity contribution is 9.10. The van der Waals surface area contributed by atoms with Crippen LogP contribution in [-0.4, -0.2) is 7.11 Å². The third-order valence-corrected chi connectivity index (χ3v) is 3.78. The van der Waals surface area contributed by atoms with Crippen LogP contribution in [0.3, 0.4) is 0 Å². The minimum atomic E-state index is -0.421. The van der Waals surface area contributed by atoms with Crippen molar-refractivity contribution in [3.05, 3.63) is 64.1 Å². The zero-order valence-electron chi connectivity index (χ0n) is 11.2. The van der Waals surface area contributed by atoms with Crippen LogP contribution >= 0.6 is 15.9 Å². The molecule has 0 aliphatic heterocycles. The highest BCUT2D eigenvalue weighted by Gasteiger charge is 2.23. The number of rotatable bonds is 4. The molecule has 2 aromatic rings. The Bertz CT molecular complexity index is 549. The summed E-state index contributed by atoms with van der Waals surface area (Å²) in [5, 5.41) is 0. The number of hydrogen-bond donors (Lipinski definition) is 1. The van der Waals surface area contributed by atoms with E-state index in [9.17, 15) is 0 Å². The van der Waals surface area contributed by atoms with E-state index < -0.39 is 5.54 Å². The number of hydrogen-bond acceptors (Lipinski definition) is 2. The lowest BCUT2D eigenvalue weighted by Crippen LogP contribution is -2.35. The molecular weight excluding hydrogens is 302 g/mol. The Balaban J connectivity index is 2.27. The van der Waals surface area contributed by atoms with Crippen molar-refractivity contribution in [2.75, 3.05) is 7.11 Å². The SMILES string of the molecule is COc1ccccc1CC(C)(N)c1ccc(Br)cc1. The molecule has 0 aromatic heterocycles. The third kappa shape index (κ3) is 3.37. The largest absolute Gasteiger partial charge is 0.496 e. The van der Waals surface area contributed by atoms with Crippen molar-refractivity contribution in [2.24, 2.45) is 5.73 Å². The van der Waals surface area contributed by atoms with Crippen molar-refractivity contribution in [2.45, 2.75) is 18.9 Å². The van der Waals surface area contributed by atoms with Crippen molar-refractivity contribution in [3.8, 4) is 5.75 Å². The number of para-hydroxylation sites is 1. The van der Waals surface area contributed by atoms with E-state index in [2.05, 4.69) is 34.1 Å². The van der Waals surface area contributed by atoms with Crippen LogP contribution in [0.5, 0.6) is 5.75 Å². The van der Waals surface area contributed by atoms with Crippen LogP contribution in [0.1, 0.15) is 18.1 Å². The maximum absolute atomic E-state index is 6.47. The van der Waals surface area contributed by atoms with Gasteiger partial charge < -0.3 is 10.5 Å². The molecule has 0 aliphatic rings. The van der Waals surface area contributed by atoms with E-state index in [1.165, 1.54) is 0 Å². The molecule has 0 fully saturated rings. The van der Waals surface area contributed by atoms with Crippen molar-refractivity contribution < 1.29 is 4.74 Å². The van der Waals surface area contributed by atoms with Crippen LogP contribution in [0.4, 0.5) is 0 Å². The number of nitrogens with two attached hydrogens (primary N) is 1. The quantitative estimate of drug-likeness (QED) is 0.928. The Morgan fingerprint density at radius 2 is 1.74 bits per heavy atom. The van der Waals surface area contributed by atoms with E-state index in [-0.39, 0.29) is 0 Å². The molecule has 0 spiro atoms. The Kier molecular flexibility index (Phi) is 4.27. The molecule has 100 valence electrons. The van der Waals surface area contributed by atoms with Crippen LogP contribution in [0.2, 0.25) is 0 Å². The summed E-state index contributed by atoms with van der Waals surface area (Å²) in [6.45, 7) is 2.04. The second-order valence-electron chi connectivity index (χ2n) is 4.91. The van der Waals surface area contributed by atoms with Crippen LogP contribution in [0.15, 0.2) is 53.0 Å². The lowest BCUT2D eigenvalue weighted by atomic mass is 9.86. The molecule has 0 saturated heterocycles. The van der Waals surface area contributed by atoms with Gasteiger partial charge in [0.25, 0.3) is 0 Å². The first-order chi connectivity index (χ1) is 9.03. The molecule has 0 heterocycles. The van der Waals surface area contributed by atoms with Gasteiger partial charge in [0.2, 0.25) is 0 Å². The number of methoxy groups -OCH3 is 1. The summed E-state index contributed by atoms with van der Waals surface area (Å²) >= 11 is 3.44. The summed E-state index contributed by atoms with van der Waals surface area (Å²) in [7, 11) is 1.69. The molecule has 3 heteroatoms. The Labute approximate surface area is 122 Å². The summed E-state index contributed by atoms with van der Waals surface area (Å²) < 4.78 is 6.44. The topological polar surface area (TPSA) is 35.2 Å². The first kappa shape index (κ1) is 14.1. The molecule has 0 saturated carbocycles. The minimum Gasteiger partial charge on any atom is -0.496 e.